The van der Waals surface area contributed by atoms with Crippen molar-refractivity contribution < 1.29 is 5.11 Å². The molecule has 0 amide bonds. The third-order valence-electron chi connectivity index (χ3n) is 4.40. The Morgan fingerprint density at radius 2 is 1.91 bits per heavy atom. The minimum atomic E-state index is -0.465. The molecule has 0 aliphatic carbocycles. The second-order valence-electron chi connectivity index (χ2n) is 5.84. The van der Waals surface area contributed by atoms with Crippen molar-refractivity contribution in [2.45, 2.75) is 18.9 Å². The van der Waals surface area contributed by atoms with Crippen LogP contribution in [0.3, 0.4) is 0 Å². The van der Waals surface area contributed by atoms with Gasteiger partial charge in [0.25, 0.3) is 0 Å². The predicted molar refractivity (Wildman–Crippen MR) is 90.3 cm³/mol. The summed E-state index contributed by atoms with van der Waals surface area (Å²) in [6.07, 6.45) is 2.99. The standard InChI is InChI=1S/C18H18ClN3O/c19-16-3-1-14(2-4-16)18(23)15-6-9-22(10-7-15)17-11-13(12-20)5-8-21-17/h1-5,8,11,15,18,23H,6-7,9-10H2/t18-/m1/s1. The summed E-state index contributed by atoms with van der Waals surface area (Å²) in [6, 6.07) is 13.1. The van der Waals surface area contributed by atoms with E-state index in [2.05, 4.69) is 16.0 Å². The third-order valence-corrected chi connectivity index (χ3v) is 4.65. The molecule has 2 aromatic rings. The summed E-state index contributed by atoms with van der Waals surface area (Å²) in [4.78, 5) is 6.52. The van der Waals surface area contributed by atoms with E-state index >= 15 is 0 Å². The molecule has 1 atom stereocenters. The minimum Gasteiger partial charge on any atom is -0.388 e. The van der Waals surface area contributed by atoms with E-state index in [0.29, 0.717) is 10.6 Å². The molecule has 4 nitrogen and oxygen atoms in total. The first-order valence-electron chi connectivity index (χ1n) is 7.72. The number of pyridine rings is 1. The lowest BCUT2D eigenvalue weighted by molar-refractivity contribution is 0.0929. The molecular formula is C18H18ClN3O. The Hall–Kier alpha value is -2.09. The zero-order valence-electron chi connectivity index (χ0n) is 12.7. The molecule has 0 spiro atoms. The molecule has 0 radical (unpaired) electrons. The molecule has 2 heterocycles. The number of hydrogen-bond acceptors (Lipinski definition) is 4. The maximum absolute atomic E-state index is 10.6. The summed E-state index contributed by atoms with van der Waals surface area (Å²) in [7, 11) is 0. The molecular weight excluding hydrogens is 310 g/mol. The molecule has 1 aromatic carbocycles. The highest BCUT2D eigenvalue weighted by molar-refractivity contribution is 6.30. The largest absolute Gasteiger partial charge is 0.388 e. The van der Waals surface area contributed by atoms with Crippen LogP contribution in [0.2, 0.25) is 5.02 Å². The lowest BCUT2D eigenvalue weighted by Gasteiger charge is -2.35. The Balaban J connectivity index is 1.63. The number of anilines is 1. The van der Waals surface area contributed by atoms with Crippen molar-refractivity contribution >= 4 is 17.4 Å². The SMILES string of the molecule is N#Cc1ccnc(N2CCC([C@H](O)c3ccc(Cl)cc3)CC2)c1. The van der Waals surface area contributed by atoms with Crippen LogP contribution in [0, 0.1) is 17.2 Å². The molecule has 5 heteroatoms. The van der Waals surface area contributed by atoms with Gasteiger partial charge in [0.1, 0.15) is 5.82 Å². The van der Waals surface area contributed by atoms with Crippen LogP contribution in [0.5, 0.6) is 0 Å². The molecule has 0 saturated carbocycles. The van der Waals surface area contributed by atoms with Crippen molar-refractivity contribution in [3.05, 3.63) is 58.7 Å². The molecule has 1 aliphatic rings. The summed E-state index contributed by atoms with van der Waals surface area (Å²) < 4.78 is 0. The van der Waals surface area contributed by atoms with Crippen LogP contribution in [-0.4, -0.2) is 23.2 Å². The number of aliphatic hydroxyl groups excluding tert-OH is 1. The number of aromatic nitrogens is 1. The highest BCUT2D eigenvalue weighted by atomic mass is 35.5. The molecule has 118 valence electrons. The molecule has 0 bridgehead atoms. The van der Waals surface area contributed by atoms with Gasteiger partial charge in [0.15, 0.2) is 0 Å². The number of rotatable bonds is 3. The van der Waals surface area contributed by atoms with Gasteiger partial charge in [0, 0.05) is 24.3 Å². The van der Waals surface area contributed by atoms with E-state index in [0.717, 1.165) is 37.3 Å². The van der Waals surface area contributed by atoms with Gasteiger partial charge in [-0.15, -0.1) is 0 Å². The van der Waals surface area contributed by atoms with Crippen LogP contribution >= 0.6 is 11.6 Å². The second-order valence-corrected chi connectivity index (χ2v) is 6.27. The van der Waals surface area contributed by atoms with E-state index in [-0.39, 0.29) is 5.92 Å². The van der Waals surface area contributed by atoms with Gasteiger partial charge < -0.3 is 10.0 Å². The summed E-state index contributed by atoms with van der Waals surface area (Å²) in [6.45, 7) is 1.66. The zero-order valence-corrected chi connectivity index (χ0v) is 13.4. The first kappa shape index (κ1) is 15.8. The van der Waals surface area contributed by atoms with Crippen LogP contribution in [0.25, 0.3) is 0 Å². The van der Waals surface area contributed by atoms with E-state index in [4.69, 9.17) is 16.9 Å². The van der Waals surface area contributed by atoms with Gasteiger partial charge in [-0.05, 0) is 48.6 Å². The Morgan fingerprint density at radius 3 is 2.57 bits per heavy atom. The fourth-order valence-electron chi connectivity index (χ4n) is 3.04. The highest BCUT2D eigenvalue weighted by Gasteiger charge is 2.26. The zero-order chi connectivity index (χ0) is 16.2. The Morgan fingerprint density at radius 1 is 1.22 bits per heavy atom. The summed E-state index contributed by atoms with van der Waals surface area (Å²) in [5, 5.41) is 20.2. The molecule has 23 heavy (non-hydrogen) atoms. The van der Waals surface area contributed by atoms with Crippen molar-refractivity contribution in [3.63, 3.8) is 0 Å². The van der Waals surface area contributed by atoms with Gasteiger partial charge in [-0.25, -0.2) is 4.98 Å². The summed E-state index contributed by atoms with van der Waals surface area (Å²) >= 11 is 5.90. The first-order chi connectivity index (χ1) is 11.2. The van der Waals surface area contributed by atoms with E-state index in [9.17, 15) is 5.11 Å². The normalized spacial score (nSPS) is 16.8. The summed E-state index contributed by atoms with van der Waals surface area (Å²) in [5.41, 5.74) is 1.54. The van der Waals surface area contributed by atoms with Crippen LogP contribution in [0.1, 0.15) is 30.1 Å². The van der Waals surface area contributed by atoms with Gasteiger partial charge in [0.05, 0.1) is 17.7 Å². The van der Waals surface area contributed by atoms with Crippen molar-refractivity contribution in [1.29, 1.82) is 5.26 Å². The van der Waals surface area contributed by atoms with Gasteiger partial charge >= 0.3 is 0 Å². The minimum absolute atomic E-state index is 0.228. The Kier molecular flexibility index (Phi) is 4.80. The topological polar surface area (TPSA) is 60.2 Å². The predicted octanol–water partition coefficient (Wildman–Crippen LogP) is 3.56. The Bertz CT molecular complexity index is 703. The van der Waals surface area contributed by atoms with E-state index in [1.165, 1.54) is 0 Å². The number of aliphatic hydroxyl groups is 1. The van der Waals surface area contributed by atoms with E-state index in [1.54, 1.807) is 12.3 Å². The fourth-order valence-corrected chi connectivity index (χ4v) is 3.16. The maximum atomic E-state index is 10.6. The third kappa shape index (κ3) is 3.64. The van der Waals surface area contributed by atoms with Crippen LogP contribution in [0.4, 0.5) is 5.82 Å². The molecule has 1 N–H and O–H groups in total. The van der Waals surface area contributed by atoms with Crippen molar-refractivity contribution in [3.8, 4) is 6.07 Å². The summed E-state index contributed by atoms with van der Waals surface area (Å²) in [5.74, 6) is 1.06. The van der Waals surface area contributed by atoms with E-state index < -0.39 is 6.10 Å². The molecule has 1 aromatic heterocycles. The molecule has 1 fully saturated rings. The number of hydrogen-bond donors (Lipinski definition) is 1. The maximum Gasteiger partial charge on any atom is 0.129 e. The Labute approximate surface area is 141 Å². The molecule has 1 aliphatic heterocycles. The highest BCUT2D eigenvalue weighted by Crippen LogP contribution is 2.32. The second kappa shape index (κ2) is 6.99. The molecule has 0 unspecified atom stereocenters. The quantitative estimate of drug-likeness (QED) is 0.936. The van der Waals surface area contributed by atoms with E-state index in [1.807, 2.05) is 30.3 Å². The van der Waals surface area contributed by atoms with Gasteiger partial charge in [0.2, 0.25) is 0 Å². The lowest BCUT2D eigenvalue weighted by atomic mass is 9.87. The number of benzene rings is 1. The van der Waals surface area contributed by atoms with Gasteiger partial charge in [-0.2, -0.15) is 5.26 Å². The monoisotopic (exact) mass is 327 g/mol. The number of nitrogens with zero attached hydrogens (tertiary/aromatic N) is 3. The lowest BCUT2D eigenvalue weighted by Crippen LogP contribution is -2.36. The molecule has 1 saturated heterocycles. The van der Waals surface area contributed by atoms with Crippen molar-refractivity contribution in [2.75, 3.05) is 18.0 Å². The van der Waals surface area contributed by atoms with Gasteiger partial charge in [-0.1, -0.05) is 23.7 Å². The molecule has 3 rings (SSSR count). The van der Waals surface area contributed by atoms with Crippen LogP contribution in [-0.2, 0) is 0 Å². The fraction of sp³-hybridized carbons (Fsp3) is 0.333. The number of nitriles is 1. The smallest absolute Gasteiger partial charge is 0.129 e. The first-order valence-corrected chi connectivity index (χ1v) is 8.10. The number of piperidine rings is 1. The number of halogens is 1. The van der Waals surface area contributed by atoms with Crippen LogP contribution in [0.15, 0.2) is 42.6 Å². The van der Waals surface area contributed by atoms with Crippen molar-refractivity contribution in [1.82, 2.24) is 4.98 Å². The van der Waals surface area contributed by atoms with Gasteiger partial charge in [-0.3, -0.25) is 0 Å². The average Bonchev–Trinajstić information content (AvgIpc) is 2.62. The van der Waals surface area contributed by atoms with Crippen LogP contribution < -0.4 is 4.90 Å². The average molecular weight is 328 g/mol. The van der Waals surface area contributed by atoms with Crippen molar-refractivity contribution in [2.24, 2.45) is 5.92 Å².